The second-order valence-corrected chi connectivity index (χ2v) is 6.20. The maximum Gasteiger partial charge on any atom is -0.00187 e. The Hall–Kier alpha value is -0.0400. The summed E-state index contributed by atoms with van der Waals surface area (Å²) in [6.07, 6.45) is 15.9. The first kappa shape index (κ1) is 16.0. The summed E-state index contributed by atoms with van der Waals surface area (Å²) in [7, 11) is 0. The third-order valence-corrected chi connectivity index (χ3v) is 4.47. The maximum atomic E-state index is 2.71. The standard InChI is InChI=1S/C17H35N/c1-3-5-14-18(15-6-4-2)16-10-9-13-17-11-7-8-12-17/h17H,3-16H2,1-2H3. The van der Waals surface area contributed by atoms with Crippen molar-refractivity contribution in [1.82, 2.24) is 4.90 Å². The normalized spacial score (nSPS) is 16.8. The molecule has 0 spiro atoms. The van der Waals surface area contributed by atoms with Gasteiger partial charge < -0.3 is 4.90 Å². The van der Waals surface area contributed by atoms with Gasteiger partial charge in [0.2, 0.25) is 0 Å². The molecule has 0 aromatic rings. The van der Waals surface area contributed by atoms with E-state index >= 15 is 0 Å². The molecule has 0 atom stereocenters. The first-order valence-corrected chi connectivity index (χ1v) is 8.59. The van der Waals surface area contributed by atoms with Crippen LogP contribution in [0.2, 0.25) is 0 Å². The van der Waals surface area contributed by atoms with Crippen molar-refractivity contribution in [2.45, 2.75) is 84.5 Å². The largest absolute Gasteiger partial charge is 0.303 e. The number of nitrogens with zero attached hydrogens (tertiary/aromatic N) is 1. The van der Waals surface area contributed by atoms with Crippen molar-refractivity contribution in [2.75, 3.05) is 19.6 Å². The van der Waals surface area contributed by atoms with Crippen LogP contribution in [0.5, 0.6) is 0 Å². The van der Waals surface area contributed by atoms with Crippen LogP contribution in [-0.2, 0) is 0 Å². The Morgan fingerprint density at radius 2 is 1.33 bits per heavy atom. The van der Waals surface area contributed by atoms with E-state index in [2.05, 4.69) is 18.7 Å². The quantitative estimate of drug-likeness (QED) is 0.455. The monoisotopic (exact) mass is 253 g/mol. The van der Waals surface area contributed by atoms with Crippen LogP contribution in [0.15, 0.2) is 0 Å². The molecule has 0 heterocycles. The molecule has 1 aliphatic rings. The molecule has 108 valence electrons. The first-order chi connectivity index (χ1) is 8.86. The predicted octanol–water partition coefficient (Wildman–Crippen LogP) is 5.25. The average Bonchev–Trinajstić information content (AvgIpc) is 2.90. The van der Waals surface area contributed by atoms with Crippen LogP contribution in [0.4, 0.5) is 0 Å². The summed E-state index contributed by atoms with van der Waals surface area (Å²) in [6.45, 7) is 8.63. The zero-order valence-corrected chi connectivity index (χ0v) is 12.9. The summed E-state index contributed by atoms with van der Waals surface area (Å²) in [4.78, 5) is 2.71. The molecule has 0 saturated heterocycles. The molecule has 0 bridgehead atoms. The van der Waals surface area contributed by atoms with E-state index in [1.807, 2.05) is 0 Å². The molecule has 18 heavy (non-hydrogen) atoms. The molecule has 1 rings (SSSR count). The Bertz CT molecular complexity index is 164. The zero-order chi connectivity index (χ0) is 13.1. The van der Waals surface area contributed by atoms with Gasteiger partial charge in [0.05, 0.1) is 0 Å². The fraction of sp³-hybridized carbons (Fsp3) is 1.00. The van der Waals surface area contributed by atoms with Gasteiger partial charge in [-0.25, -0.2) is 0 Å². The summed E-state index contributed by atoms with van der Waals surface area (Å²) in [5, 5.41) is 0. The van der Waals surface area contributed by atoms with Crippen LogP contribution in [0.3, 0.4) is 0 Å². The molecule has 1 nitrogen and oxygen atoms in total. The number of unbranched alkanes of at least 4 members (excludes halogenated alkanes) is 3. The fourth-order valence-corrected chi connectivity index (χ4v) is 3.17. The summed E-state index contributed by atoms with van der Waals surface area (Å²) >= 11 is 0. The van der Waals surface area contributed by atoms with Gasteiger partial charge in [-0.3, -0.25) is 0 Å². The molecule has 0 N–H and O–H groups in total. The van der Waals surface area contributed by atoms with E-state index in [0.29, 0.717) is 0 Å². The maximum absolute atomic E-state index is 2.71. The zero-order valence-electron chi connectivity index (χ0n) is 12.9. The fourth-order valence-electron chi connectivity index (χ4n) is 3.17. The number of hydrogen-bond acceptors (Lipinski definition) is 1. The summed E-state index contributed by atoms with van der Waals surface area (Å²) in [6, 6.07) is 0. The molecular weight excluding hydrogens is 218 g/mol. The summed E-state index contributed by atoms with van der Waals surface area (Å²) < 4.78 is 0. The minimum Gasteiger partial charge on any atom is -0.303 e. The van der Waals surface area contributed by atoms with Crippen molar-refractivity contribution in [3.05, 3.63) is 0 Å². The number of hydrogen-bond donors (Lipinski definition) is 0. The Labute approximate surface area is 115 Å². The lowest BCUT2D eigenvalue weighted by Gasteiger charge is -2.22. The van der Waals surface area contributed by atoms with Crippen LogP contribution in [0.1, 0.15) is 84.5 Å². The Morgan fingerprint density at radius 1 is 0.778 bits per heavy atom. The van der Waals surface area contributed by atoms with Crippen molar-refractivity contribution >= 4 is 0 Å². The van der Waals surface area contributed by atoms with Crippen molar-refractivity contribution in [2.24, 2.45) is 5.92 Å². The molecular formula is C17H35N. The van der Waals surface area contributed by atoms with Crippen LogP contribution in [0.25, 0.3) is 0 Å². The lowest BCUT2D eigenvalue weighted by atomic mass is 10.0. The lowest BCUT2D eigenvalue weighted by molar-refractivity contribution is 0.256. The summed E-state index contributed by atoms with van der Waals surface area (Å²) in [5.41, 5.74) is 0. The summed E-state index contributed by atoms with van der Waals surface area (Å²) in [5.74, 6) is 1.09. The van der Waals surface area contributed by atoms with Gasteiger partial charge in [0.25, 0.3) is 0 Å². The van der Waals surface area contributed by atoms with Gasteiger partial charge in [0.15, 0.2) is 0 Å². The molecule has 0 amide bonds. The van der Waals surface area contributed by atoms with E-state index in [1.165, 1.54) is 90.3 Å². The van der Waals surface area contributed by atoms with Gasteiger partial charge in [-0.2, -0.15) is 0 Å². The third-order valence-electron chi connectivity index (χ3n) is 4.47. The van der Waals surface area contributed by atoms with Gasteiger partial charge in [-0.15, -0.1) is 0 Å². The highest BCUT2D eigenvalue weighted by atomic mass is 15.1. The smallest absolute Gasteiger partial charge is 0.00187 e. The predicted molar refractivity (Wildman–Crippen MR) is 82.1 cm³/mol. The second kappa shape index (κ2) is 10.8. The molecule has 1 fully saturated rings. The highest BCUT2D eigenvalue weighted by molar-refractivity contribution is 4.67. The molecule has 0 aliphatic heterocycles. The van der Waals surface area contributed by atoms with E-state index in [1.54, 1.807) is 0 Å². The molecule has 0 radical (unpaired) electrons. The molecule has 0 aromatic carbocycles. The lowest BCUT2D eigenvalue weighted by Crippen LogP contribution is -2.27. The highest BCUT2D eigenvalue weighted by Gasteiger charge is 2.14. The van der Waals surface area contributed by atoms with Gasteiger partial charge in [0.1, 0.15) is 0 Å². The Balaban J connectivity index is 2.03. The van der Waals surface area contributed by atoms with Crippen LogP contribution in [0, 0.1) is 5.92 Å². The van der Waals surface area contributed by atoms with Crippen LogP contribution < -0.4 is 0 Å². The Morgan fingerprint density at radius 3 is 1.89 bits per heavy atom. The SMILES string of the molecule is CCCCN(CCCC)CCCCC1CCCC1. The van der Waals surface area contributed by atoms with E-state index in [9.17, 15) is 0 Å². The average molecular weight is 253 g/mol. The van der Waals surface area contributed by atoms with Gasteiger partial charge >= 0.3 is 0 Å². The molecule has 0 aromatic heterocycles. The van der Waals surface area contributed by atoms with E-state index in [0.717, 1.165) is 5.92 Å². The van der Waals surface area contributed by atoms with Gasteiger partial charge in [-0.1, -0.05) is 65.2 Å². The van der Waals surface area contributed by atoms with Crippen LogP contribution >= 0.6 is 0 Å². The van der Waals surface area contributed by atoms with Crippen molar-refractivity contribution in [3.8, 4) is 0 Å². The third kappa shape index (κ3) is 7.41. The first-order valence-electron chi connectivity index (χ1n) is 8.59. The minimum atomic E-state index is 1.09. The second-order valence-electron chi connectivity index (χ2n) is 6.20. The van der Waals surface area contributed by atoms with E-state index in [-0.39, 0.29) is 0 Å². The van der Waals surface area contributed by atoms with Crippen molar-refractivity contribution in [3.63, 3.8) is 0 Å². The highest BCUT2D eigenvalue weighted by Crippen LogP contribution is 2.28. The molecule has 1 saturated carbocycles. The van der Waals surface area contributed by atoms with Gasteiger partial charge in [-0.05, 0) is 44.8 Å². The number of rotatable bonds is 11. The molecule has 0 unspecified atom stereocenters. The molecule has 1 aliphatic carbocycles. The van der Waals surface area contributed by atoms with Gasteiger partial charge in [0, 0.05) is 0 Å². The van der Waals surface area contributed by atoms with Crippen LogP contribution in [-0.4, -0.2) is 24.5 Å². The van der Waals surface area contributed by atoms with Crippen molar-refractivity contribution in [1.29, 1.82) is 0 Å². The Kier molecular flexibility index (Phi) is 9.65. The molecule has 1 heteroatoms. The minimum absolute atomic E-state index is 1.09. The van der Waals surface area contributed by atoms with E-state index in [4.69, 9.17) is 0 Å². The topological polar surface area (TPSA) is 3.24 Å². The van der Waals surface area contributed by atoms with E-state index < -0.39 is 0 Å². The van der Waals surface area contributed by atoms with Crippen molar-refractivity contribution < 1.29 is 0 Å².